The number of carbonyl (C=O) groups excluding carboxylic acids is 1. The summed E-state index contributed by atoms with van der Waals surface area (Å²) in [5.74, 6) is -0.0277. The molecule has 8 nitrogen and oxygen atoms in total. The van der Waals surface area contributed by atoms with Crippen molar-refractivity contribution < 1.29 is 14.3 Å². The molecule has 1 atom stereocenters. The van der Waals surface area contributed by atoms with Crippen LogP contribution in [0.15, 0.2) is 63.2 Å². The van der Waals surface area contributed by atoms with Gasteiger partial charge in [-0.05, 0) is 43.7 Å². The molecule has 1 heterocycles. The number of carbonyl (C=O) groups is 1. The van der Waals surface area contributed by atoms with Gasteiger partial charge in [-0.25, -0.2) is 9.59 Å². The van der Waals surface area contributed by atoms with Crippen LogP contribution in [0.2, 0.25) is 0 Å². The number of aromatic amines is 1. The minimum absolute atomic E-state index is 0.272. The molecule has 0 fully saturated rings. The molecule has 0 bridgehead atoms. The highest BCUT2D eigenvalue weighted by Gasteiger charge is 2.15. The molecular weight excluding hydrogens is 362 g/mol. The number of H-pyrrole nitrogens is 1. The summed E-state index contributed by atoms with van der Waals surface area (Å²) in [6, 6.07) is 13.5. The fourth-order valence-electron chi connectivity index (χ4n) is 2.56. The van der Waals surface area contributed by atoms with E-state index in [2.05, 4.69) is 10.1 Å². The van der Waals surface area contributed by atoms with E-state index in [1.54, 1.807) is 62.4 Å². The summed E-state index contributed by atoms with van der Waals surface area (Å²) >= 11 is 0. The Bertz CT molecular complexity index is 1150. The molecule has 2 aromatic carbocycles. The van der Waals surface area contributed by atoms with E-state index in [0.29, 0.717) is 22.2 Å². The zero-order chi connectivity index (χ0) is 20.1. The average Bonchev–Trinajstić information content (AvgIpc) is 2.68. The predicted octanol–water partition coefficient (Wildman–Crippen LogP) is 1.90. The van der Waals surface area contributed by atoms with Crippen molar-refractivity contribution in [3.05, 3.63) is 74.9 Å². The molecule has 0 saturated heterocycles. The van der Waals surface area contributed by atoms with Gasteiger partial charge in [0.2, 0.25) is 0 Å². The van der Waals surface area contributed by atoms with Gasteiger partial charge in [-0.2, -0.15) is 5.10 Å². The van der Waals surface area contributed by atoms with Crippen molar-refractivity contribution >= 4 is 23.1 Å². The first-order valence-corrected chi connectivity index (χ1v) is 8.71. The van der Waals surface area contributed by atoms with Gasteiger partial charge in [-0.15, -0.1) is 4.68 Å². The third-order valence-corrected chi connectivity index (χ3v) is 3.90. The van der Waals surface area contributed by atoms with E-state index >= 15 is 0 Å². The highest BCUT2D eigenvalue weighted by molar-refractivity contribution is 5.81. The van der Waals surface area contributed by atoms with Crippen molar-refractivity contribution in [2.24, 2.45) is 5.10 Å². The first-order valence-electron chi connectivity index (χ1n) is 8.71. The molecule has 3 aromatic rings. The second kappa shape index (κ2) is 8.34. The van der Waals surface area contributed by atoms with Crippen LogP contribution in [0.4, 0.5) is 0 Å². The lowest BCUT2D eigenvalue weighted by Crippen LogP contribution is -2.32. The highest BCUT2D eigenvalue weighted by Crippen LogP contribution is 2.14. The van der Waals surface area contributed by atoms with E-state index in [1.165, 1.54) is 6.21 Å². The van der Waals surface area contributed by atoms with Gasteiger partial charge in [0.25, 0.3) is 5.56 Å². The lowest BCUT2D eigenvalue weighted by atomic mass is 10.2. The summed E-state index contributed by atoms with van der Waals surface area (Å²) in [7, 11) is 0. The average molecular weight is 381 g/mol. The molecule has 1 N–H and O–H groups in total. The maximum Gasteiger partial charge on any atom is 0.349 e. The monoisotopic (exact) mass is 381 g/mol. The summed E-state index contributed by atoms with van der Waals surface area (Å²) in [4.78, 5) is 38.9. The Morgan fingerprint density at radius 2 is 2.00 bits per heavy atom. The fourth-order valence-corrected chi connectivity index (χ4v) is 2.56. The van der Waals surface area contributed by atoms with E-state index in [1.807, 2.05) is 0 Å². The largest absolute Gasteiger partial charge is 0.479 e. The third kappa shape index (κ3) is 4.17. The number of nitrogens with zero attached hydrogens (tertiary/aromatic N) is 2. The van der Waals surface area contributed by atoms with Gasteiger partial charge in [0.1, 0.15) is 5.75 Å². The summed E-state index contributed by atoms with van der Waals surface area (Å²) in [6.45, 7) is 3.58. The van der Waals surface area contributed by atoms with E-state index in [9.17, 15) is 14.4 Å². The molecule has 0 amide bonds. The first kappa shape index (κ1) is 19.1. The Morgan fingerprint density at radius 1 is 1.21 bits per heavy atom. The van der Waals surface area contributed by atoms with Crippen molar-refractivity contribution in [3.63, 3.8) is 0 Å². The normalized spacial score (nSPS) is 12.2. The van der Waals surface area contributed by atoms with Crippen LogP contribution in [0, 0.1) is 0 Å². The van der Waals surface area contributed by atoms with Gasteiger partial charge in [0.05, 0.1) is 23.7 Å². The predicted molar refractivity (Wildman–Crippen MR) is 105 cm³/mol. The molecular formula is C20H19N3O5. The second-order valence-corrected chi connectivity index (χ2v) is 5.92. The number of aromatic nitrogens is 2. The molecule has 0 aliphatic carbocycles. The molecule has 144 valence electrons. The summed E-state index contributed by atoms with van der Waals surface area (Å²) < 4.78 is 11.2. The zero-order valence-corrected chi connectivity index (χ0v) is 15.4. The number of hydrogen-bond acceptors (Lipinski definition) is 6. The maximum atomic E-state index is 12.5. The lowest BCUT2D eigenvalue weighted by Gasteiger charge is -2.13. The number of benzene rings is 2. The highest BCUT2D eigenvalue weighted by atomic mass is 16.6. The Kier molecular flexibility index (Phi) is 5.69. The zero-order valence-electron chi connectivity index (χ0n) is 15.4. The Balaban J connectivity index is 1.86. The van der Waals surface area contributed by atoms with Crippen LogP contribution < -0.4 is 16.0 Å². The van der Waals surface area contributed by atoms with Crippen molar-refractivity contribution in [1.29, 1.82) is 0 Å². The van der Waals surface area contributed by atoms with Crippen LogP contribution in [0.1, 0.15) is 19.4 Å². The van der Waals surface area contributed by atoms with Crippen LogP contribution in [0.5, 0.6) is 5.75 Å². The smallest absolute Gasteiger partial charge is 0.349 e. The Labute approximate surface area is 160 Å². The number of rotatable bonds is 6. The van der Waals surface area contributed by atoms with Crippen LogP contribution in [-0.4, -0.2) is 34.6 Å². The molecule has 0 radical (unpaired) electrons. The molecule has 3 rings (SSSR count). The lowest BCUT2D eigenvalue weighted by molar-refractivity contribution is -0.150. The summed E-state index contributed by atoms with van der Waals surface area (Å²) in [5.41, 5.74) is -0.109. The molecule has 0 aliphatic heterocycles. The van der Waals surface area contributed by atoms with Crippen molar-refractivity contribution in [1.82, 2.24) is 9.66 Å². The van der Waals surface area contributed by atoms with Crippen LogP contribution in [0.3, 0.4) is 0 Å². The molecule has 0 aliphatic rings. The first-order chi connectivity index (χ1) is 13.5. The minimum Gasteiger partial charge on any atom is -0.479 e. The second-order valence-electron chi connectivity index (χ2n) is 5.92. The number of ether oxygens (including phenoxy) is 2. The van der Waals surface area contributed by atoms with Gasteiger partial charge in [-0.1, -0.05) is 24.3 Å². The van der Waals surface area contributed by atoms with Gasteiger partial charge >= 0.3 is 11.7 Å². The van der Waals surface area contributed by atoms with E-state index in [-0.39, 0.29) is 6.61 Å². The number of nitrogens with one attached hydrogen (secondary N) is 1. The molecule has 8 heteroatoms. The van der Waals surface area contributed by atoms with Crippen LogP contribution >= 0.6 is 0 Å². The van der Waals surface area contributed by atoms with Gasteiger partial charge in [0.15, 0.2) is 6.10 Å². The molecule has 1 unspecified atom stereocenters. The number of para-hydroxylation sites is 1. The Hall–Kier alpha value is -3.68. The topological polar surface area (TPSA) is 103 Å². The summed E-state index contributed by atoms with van der Waals surface area (Å²) in [5, 5.41) is 4.36. The van der Waals surface area contributed by atoms with Crippen molar-refractivity contribution in [3.8, 4) is 5.75 Å². The molecule has 0 saturated carbocycles. The SMILES string of the molecule is CCOC(=O)C(C)Oc1cccc(C=Nn2c(=O)[nH]c3ccccc3c2=O)c1. The van der Waals surface area contributed by atoms with Crippen molar-refractivity contribution in [2.75, 3.05) is 6.61 Å². The number of hydrogen-bond donors (Lipinski definition) is 1. The standard InChI is InChI=1S/C20H19N3O5/c1-3-27-19(25)13(2)28-15-8-6-7-14(11-15)12-21-23-18(24)16-9-4-5-10-17(16)22-20(23)26/h4-13H,3H2,1-2H3,(H,22,26). The van der Waals surface area contributed by atoms with Crippen molar-refractivity contribution in [2.45, 2.75) is 20.0 Å². The number of esters is 1. The third-order valence-electron chi connectivity index (χ3n) is 3.90. The van der Waals surface area contributed by atoms with Gasteiger partial charge in [0, 0.05) is 0 Å². The molecule has 0 spiro atoms. The molecule has 1 aromatic heterocycles. The van der Waals surface area contributed by atoms with Crippen LogP contribution in [0.25, 0.3) is 10.9 Å². The van der Waals surface area contributed by atoms with E-state index in [0.717, 1.165) is 4.68 Å². The fraction of sp³-hybridized carbons (Fsp3) is 0.200. The minimum atomic E-state index is -0.766. The maximum absolute atomic E-state index is 12.5. The van der Waals surface area contributed by atoms with E-state index < -0.39 is 23.3 Å². The van der Waals surface area contributed by atoms with Gasteiger partial charge < -0.3 is 14.5 Å². The number of fused-ring (bicyclic) bond motifs is 1. The Morgan fingerprint density at radius 3 is 2.79 bits per heavy atom. The van der Waals surface area contributed by atoms with E-state index in [4.69, 9.17) is 9.47 Å². The summed E-state index contributed by atoms with van der Waals surface area (Å²) in [6.07, 6.45) is 0.603. The quantitative estimate of drug-likeness (QED) is 0.519. The van der Waals surface area contributed by atoms with Gasteiger partial charge in [-0.3, -0.25) is 4.79 Å². The van der Waals surface area contributed by atoms with Crippen LogP contribution in [-0.2, 0) is 9.53 Å². The molecule has 28 heavy (non-hydrogen) atoms.